The molecular formula is C20H18O. The van der Waals surface area contributed by atoms with Crippen LogP contribution in [0.4, 0.5) is 0 Å². The van der Waals surface area contributed by atoms with Crippen LogP contribution in [0.2, 0.25) is 0 Å². The number of aryl methyl sites for hydroxylation is 1. The van der Waals surface area contributed by atoms with Gasteiger partial charge in [-0.15, -0.1) is 0 Å². The molecule has 1 aromatic heterocycles. The summed E-state index contributed by atoms with van der Waals surface area (Å²) in [6.07, 6.45) is 5.42. The highest BCUT2D eigenvalue weighted by Gasteiger charge is 2.21. The van der Waals surface area contributed by atoms with E-state index in [-0.39, 0.29) is 0 Å². The van der Waals surface area contributed by atoms with Crippen LogP contribution in [0.15, 0.2) is 53.0 Å². The second-order valence-corrected chi connectivity index (χ2v) is 5.97. The number of allylic oxidation sites excluding steroid dienone is 1. The molecule has 2 aromatic carbocycles. The molecule has 0 spiro atoms. The highest BCUT2D eigenvalue weighted by Crippen LogP contribution is 2.41. The third-order valence-corrected chi connectivity index (χ3v) is 4.40. The summed E-state index contributed by atoms with van der Waals surface area (Å²) in [6, 6.07) is 15.1. The van der Waals surface area contributed by atoms with Crippen LogP contribution in [0.25, 0.3) is 28.2 Å². The molecule has 1 aliphatic carbocycles. The first-order valence-electron chi connectivity index (χ1n) is 7.53. The average Bonchev–Trinajstić information content (AvgIpc) is 2.88. The van der Waals surface area contributed by atoms with E-state index >= 15 is 0 Å². The summed E-state index contributed by atoms with van der Waals surface area (Å²) < 4.78 is 6.19. The molecule has 1 atom stereocenters. The van der Waals surface area contributed by atoms with Gasteiger partial charge in [-0.3, -0.25) is 0 Å². The molecule has 3 aromatic rings. The van der Waals surface area contributed by atoms with Crippen molar-refractivity contribution in [1.82, 2.24) is 0 Å². The van der Waals surface area contributed by atoms with E-state index in [9.17, 15) is 0 Å². The number of fused-ring (bicyclic) bond motifs is 3. The van der Waals surface area contributed by atoms with Crippen molar-refractivity contribution in [1.29, 1.82) is 0 Å². The summed E-state index contributed by atoms with van der Waals surface area (Å²) in [5, 5.41) is 1.26. The van der Waals surface area contributed by atoms with Gasteiger partial charge in [0.1, 0.15) is 11.3 Å². The summed E-state index contributed by atoms with van der Waals surface area (Å²) in [4.78, 5) is 0. The second kappa shape index (κ2) is 4.63. The fourth-order valence-electron chi connectivity index (χ4n) is 3.25. The third kappa shape index (κ3) is 1.92. The van der Waals surface area contributed by atoms with Gasteiger partial charge in [0, 0.05) is 16.5 Å². The molecule has 1 unspecified atom stereocenters. The zero-order chi connectivity index (χ0) is 14.4. The van der Waals surface area contributed by atoms with E-state index in [0.717, 1.165) is 17.8 Å². The summed E-state index contributed by atoms with van der Waals surface area (Å²) in [7, 11) is 0. The zero-order valence-electron chi connectivity index (χ0n) is 12.4. The van der Waals surface area contributed by atoms with Gasteiger partial charge in [0.05, 0.1) is 0 Å². The maximum atomic E-state index is 6.19. The SMILES string of the molecule is Cc1ccc(-c2cccc3c4c(oc23)C=CCC4C)cc1. The number of hydrogen-bond donors (Lipinski definition) is 0. The monoisotopic (exact) mass is 274 g/mol. The minimum absolute atomic E-state index is 0.527. The lowest BCUT2D eigenvalue weighted by Gasteiger charge is -2.12. The third-order valence-electron chi connectivity index (χ3n) is 4.40. The van der Waals surface area contributed by atoms with Gasteiger partial charge in [0.25, 0.3) is 0 Å². The van der Waals surface area contributed by atoms with Crippen molar-refractivity contribution in [2.24, 2.45) is 0 Å². The maximum Gasteiger partial charge on any atom is 0.142 e. The minimum atomic E-state index is 0.527. The Hall–Kier alpha value is -2.28. The number of hydrogen-bond acceptors (Lipinski definition) is 1. The first-order valence-corrected chi connectivity index (χ1v) is 7.53. The fourth-order valence-corrected chi connectivity index (χ4v) is 3.25. The predicted molar refractivity (Wildman–Crippen MR) is 88.5 cm³/mol. The first kappa shape index (κ1) is 12.5. The van der Waals surface area contributed by atoms with Gasteiger partial charge < -0.3 is 4.42 Å². The fraction of sp³-hybridized carbons (Fsp3) is 0.200. The van der Waals surface area contributed by atoms with E-state index in [1.165, 1.54) is 27.6 Å². The van der Waals surface area contributed by atoms with Crippen molar-refractivity contribution in [3.63, 3.8) is 0 Å². The Morgan fingerprint density at radius 1 is 1.05 bits per heavy atom. The molecule has 0 aliphatic heterocycles. The molecule has 0 saturated carbocycles. The maximum absolute atomic E-state index is 6.19. The number of furan rings is 1. The summed E-state index contributed by atoms with van der Waals surface area (Å²) in [5.41, 5.74) is 6.06. The summed E-state index contributed by atoms with van der Waals surface area (Å²) >= 11 is 0. The van der Waals surface area contributed by atoms with Gasteiger partial charge in [0.15, 0.2) is 0 Å². The van der Waals surface area contributed by atoms with Crippen LogP contribution in [0.3, 0.4) is 0 Å². The highest BCUT2D eigenvalue weighted by molar-refractivity contribution is 5.96. The van der Waals surface area contributed by atoms with Crippen molar-refractivity contribution in [3.05, 3.63) is 65.4 Å². The second-order valence-electron chi connectivity index (χ2n) is 5.97. The molecule has 4 rings (SSSR count). The number of benzene rings is 2. The molecule has 0 amide bonds. The molecule has 1 heteroatoms. The smallest absolute Gasteiger partial charge is 0.142 e. The quantitative estimate of drug-likeness (QED) is 0.536. The van der Waals surface area contributed by atoms with E-state index in [0.29, 0.717) is 5.92 Å². The Balaban J connectivity index is 1.99. The summed E-state index contributed by atoms with van der Waals surface area (Å²) in [6.45, 7) is 4.39. The molecule has 1 heterocycles. The van der Waals surface area contributed by atoms with Crippen molar-refractivity contribution in [3.8, 4) is 11.1 Å². The molecule has 0 fully saturated rings. The topological polar surface area (TPSA) is 13.1 Å². The lowest BCUT2D eigenvalue weighted by Crippen LogP contribution is -1.96. The molecule has 1 nitrogen and oxygen atoms in total. The van der Waals surface area contributed by atoms with Crippen LogP contribution in [0, 0.1) is 6.92 Å². The van der Waals surface area contributed by atoms with Gasteiger partial charge in [0.2, 0.25) is 0 Å². The largest absolute Gasteiger partial charge is 0.456 e. The van der Waals surface area contributed by atoms with Crippen LogP contribution in [-0.2, 0) is 0 Å². The van der Waals surface area contributed by atoms with Gasteiger partial charge >= 0.3 is 0 Å². The van der Waals surface area contributed by atoms with Gasteiger partial charge in [-0.2, -0.15) is 0 Å². The van der Waals surface area contributed by atoms with Crippen LogP contribution < -0.4 is 0 Å². The lowest BCUT2D eigenvalue weighted by molar-refractivity contribution is 0.587. The highest BCUT2D eigenvalue weighted by atomic mass is 16.3. The summed E-state index contributed by atoms with van der Waals surface area (Å²) in [5.74, 6) is 1.56. The van der Waals surface area contributed by atoms with Crippen LogP contribution in [0.1, 0.15) is 36.1 Å². The Morgan fingerprint density at radius 3 is 2.67 bits per heavy atom. The minimum Gasteiger partial charge on any atom is -0.456 e. The zero-order valence-corrected chi connectivity index (χ0v) is 12.4. The molecule has 0 N–H and O–H groups in total. The Bertz CT molecular complexity index is 834. The first-order chi connectivity index (χ1) is 10.2. The van der Waals surface area contributed by atoms with Gasteiger partial charge in [-0.05, 0) is 30.9 Å². The molecule has 21 heavy (non-hydrogen) atoms. The van der Waals surface area contributed by atoms with Crippen LogP contribution in [0.5, 0.6) is 0 Å². The van der Waals surface area contributed by atoms with E-state index in [1.807, 2.05) is 0 Å². The van der Waals surface area contributed by atoms with Gasteiger partial charge in [-0.1, -0.05) is 61.0 Å². The van der Waals surface area contributed by atoms with E-state index in [1.54, 1.807) is 0 Å². The van der Waals surface area contributed by atoms with Gasteiger partial charge in [-0.25, -0.2) is 0 Å². The Labute approximate surface area is 124 Å². The van der Waals surface area contributed by atoms with E-state index in [4.69, 9.17) is 4.42 Å². The van der Waals surface area contributed by atoms with Crippen molar-refractivity contribution in [2.45, 2.75) is 26.2 Å². The van der Waals surface area contributed by atoms with Crippen molar-refractivity contribution in [2.75, 3.05) is 0 Å². The van der Waals surface area contributed by atoms with E-state index < -0.39 is 0 Å². The number of rotatable bonds is 1. The van der Waals surface area contributed by atoms with Crippen molar-refractivity contribution >= 4 is 17.0 Å². The van der Waals surface area contributed by atoms with Crippen molar-refractivity contribution < 1.29 is 4.42 Å². The Kier molecular flexibility index (Phi) is 2.75. The molecular weight excluding hydrogens is 256 g/mol. The van der Waals surface area contributed by atoms with Crippen LogP contribution in [-0.4, -0.2) is 0 Å². The average molecular weight is 274 g/mol. The number of para-hydroxylation sites is 1. The molecule has 0 saturated heterocycles. The molecule has 1 aliphatic rings. The Morgan fingerprint density at radius 2 is 1.86 bits per heavy atom. The van der Waals surface area contributed by atoms with Crippen LogP contribution >= 0.6 is 0 Å². The normalized spacial score (nSPS) is 17.1. The predicted octanol–water partition coefficient (Wildman–Crippen LogP) is 5.93. The molecule has 0 bridgehead atoms. The van der Waals surface area contributed by atoms with E-state index in [2.05, 4.69) is 68.5 Å². The lowest BCUT2D eigenvalue weighted by atomic mass is 9.90. The molecule has 0 radical (unpaired) electrons. The standard InChI is InChI=1S/C20H18O/c1-13-9-11-15(12-10-13)16-6-4-7-17-19-14(2)5-3-8-18(19)21-20(16)17/h3-4,6-12,14H,5H2,1-2H3. The molecule has 104 valence electrons.